The van der Waals surface area contributed by atoms with Gasteiger partial charge in [0.25, 0.3) is 5.91 Å². The van der Waals surface area contributed by atoms with E-state index in [2.05, 4.69) is 15.4 Å². The van der Waals surface area contributed by atoms with Crippen molar-refractivity contribution in [3.8, 4) is 5.75 Å². The number of amides is 1. The zero-order chi connectivity index (χ0) is 18.9. The summed E-state index contributed by atoms with van der Waals surface area (Å²) in [5.74, 6) is -0.110. The molecule has 136 valence electrons. The van der Waals surface area contributed by atoms with Gasteiger partial charge in [0.2, 0.25) is 0 Å². The van der Waals surface area contributed by atoms with Gasteiger partial charge in [-0.2, -0.15) is 0 Å². The van der Waals surface area contributed by atoms with Gasteiger partial charge in [-0.25, -0.2) is 4.79 Å². The maximum Gasteiger partial charge on any atom is 0.337 e. The molecule has 0 radical (unpaired) electrons. The van der Waals surface area contributed by atoms with Crippen LogP contribution in [0.5, 0.6) is 5.75 Å². The number of methoxy groups -OCH3 is 1. The van der Waals surface area contributed by atoms with Crippen molar-refractivity contribution in [3.05, 3.63) is 59.7 Å². The molecule has 7 heteroatoms. The molecule has 6 nitrogen and oxygen atoms in total. The molecule has 2 aromatic rings. The topological polar surface area (TPSA) is 76.7 Å². The van der Waals surface area contributed by atoms with Gasteiger partial charge >= 0.3 is 5.97 Å². The van der Waals surface area contributed by atoms with Gasteiger partial charge in [-0.1, -0.05) is 13.0 Å². The molecule has 0 aliphatic carbocycles. The highest BCUT2D eigenvalue weighted by Crippen LogP contribution is 2.17. The average molecular weight is 372 g/mol. The molecule has 0 fully saturated rings. The van der Waals surface area contributed by atoms with E-state index in [1.807, 2.05) is 25.1 Å². The van der Waals surface area contributed by atoms with Crippen LogP contribution in [0.3, 0.4) is 0 Å². The fourth-order valence-electron chi connectivity index (χ4n) is 2.10. The van der Waals surface area contributed by atoms with Crippen molar-refractivity contribution in [1.29, 1.82) is 0 Å². The van der Waals surface area contributed by atoms with Crippen LogP contribution in [0.25, 0.3) is 0 Å². The van der Waals surface area contributed by atoms with Crippen LogP contribution < -0.4 is 15.4 Å². The normalized spacial score (nSPS) is 9.92. The Labute approximate surface area is 157 Å². The zero-order valence-corrected chi connectivity index (χ0v) is 15.4. The first-order valence-corrected chi connectivity index (χ1v) is 8.48. The molecule has 0 aliphatic rings. The van der Waals surface area contributed by atoms with Crippen LogP contribution in [0.4, 0.5) is 5.69 Å². The minimum absolute atomic E-state index is 0.166. The molecule has 2 aromatic carbocycles. The highest BCUT2D eigenvalue weighted by Gasteiger charge is 2.10. The van der Waals surface area contributed by atoms with Gasteiger partial charge in [-0.05, 0) is 55.0 Å². The van der Waals surface area contributed by atoms with Crippen LogP contribution in [-0.2, 0) is 4.74 Å². The second kappa shape index (κ2) is 9.53. The third-order valence-electron chi connectivity index (χ3n) is 3.36. The standard InChI is InChI=1S/C19H20N2O4S/c1-3-11-25-16-6-4-5-15(12-16)20-19(26)21-17(22)13-7-9-14(10-8-13)18(23)24-2/h4-10,12H,3,11H2,1-2H3,(H2,20,21,22,26). The number of rotatable bonds is 6. The summed E-state index contributed by atoms with van der Waals surface area (Å²) >= 11 is 5.17. The monoisotopic (exact) mass is 372 g/mol. The number of carbonyl (C=O) groups excluding carboxylic acids is 2. The lowest BCUT2D eigenvalue weighted by molar-refractivity contribution is 0.0600. The summed E-state index contributed by atoms with van der Waals surface area (Å²) in [4.78, 5) is 23.6. The second-order valence-corrected chi connectivity index (χ2v) is 5.76. The van der Waals surface area contributed by atoms with Crippen LogP contribution in [0.15, 0.2) is 48.5 Å². The molecule has 2 N–H and O–H groups in total. The van der Waals surface area contributed by atoms with Gasteiger partial charge in [0.15, 0.2) is 5.11 Å². The lowest BCUT2D eigenvalue weighted by Crippen LogP contribution is -2.34. The van der Waals surface area contributed by atoms with Crippen molar-refractivity contribution in [2.24, 2.45) is 0 Å². The van der Waals surface area contributed by atoms with E-state index < -0.39 is 5.97 Å². The molecule has 1 amide bonds. The summed E-state index contributed by atoms with van der Waals surface area (Å²) in [6.45, 7) is 2.66. The molecule has 0 heterocycles. The molecular formula is C19H20N2O4S. The molecule has 0 saturated carbocycles. The van der Waals surface area contributed by atoms with Gasteiger partial charge in [0.05, 0.1) is 19.3 Å². The Morgan fingerprint density at radius 3 is 2.42 bits per heavy atom. The molecule has 0 spiro atoms. The highest BCUT2D eigenvalue weighted by atomic mass is 32.1. The maximum absolute atomic E-state index is 12.2. The Balaban J connectivity index is 1.94. The van der Waals surface area contributed by atoms with Gasteiger partial charge < -0.3 is 14.8 Å². The minimum Gasteiger partial charge on any atom is -0.494 e. The fraction of sp³-hybridized carbons (Fsp3) is 0.211. The van der Waals surface area contributed by atoms with Crippen molar-refractivity contribution in [2.45, 2.75) is 13.3 Å². The zero-order valence-electron chi connectivity index (χ0n) is 14.6. The molecule has 0 aromatic heterocycles. The van der Waals surface area contributed by atoms with Crippen LogP contribution >= 0.6 is 12.2 Å². The quantitative estimate of drug-likeness (QED) is 0.598. The van der Waals surface area contributed by atoms with Crippen LogP contribution in [-0.4, -0.2) is 30.7 Å². The molecule has 0 unspecified atom stereocenters. The number of esters is 1. The third-order valence-corrected chi connectivity index (χ3v) is 3.56. The van der Waals surface area contributed by atoms with E-state index in [1.54, 1.807) is 6.07 Å². The number of anilines is 1. The second-order valence-electron chi connectivity index (χ2n) is 5.35. The number of hydrogen-bond acceptors (Lipinski definition) is 5. The summed E-state index contributed by atoms with van der Waals surface area (Å²) in [5.41, 5.74) is 1.46. The van der Waals surface area contributed by atoms with Crippen LogP contribution in [0.1, 0.15) is 34.1 Å². The van der Waals surface area contributed by atoms with Crippen molar-refractivity contribution < 1.29 is 19.1 Å². The molecule has 0 atom stereocenters. The van der Waals surface area contributed by atoms with Crippen LogP contribution in [0, 0.1) is 0 Å². The molecular weight excluding hydrogens is 352 g/mol. The Bertz CT molecular complexity index is 790. The summed E-state index contributed by atoms with van der Waals surface area (Å²) in [7, 11) is 1.30. The van der Waals surface area contributed by atoms with Gasteiger partial charge in [-0.3, -0.25) is 10.1 Å². The Morgan fingerprint density at radius 2 is 1.77 bits per heavy atom. The van der Waals surface area contributed by atoms with E-state index in [9.17, 15) is 9.59 Å². The molecule has 0 bridgehead atoms. The fourth-order valence-corrected chi connectivity index (χ4v) is 2.31. The average Bonchev–Trinajstić information content (AvgIpc) is 2.66. The summed E-state index contributed by atoms with van der Waals surface area (Å²) in [6.07, 6.45) is 0.918. The van der Waals surface area contributed by atoms with Gasteiger partial charge in [-0.15, -0.1) is 0 Å². The Morgan fingerprint density at radius 1 is 1.08 bits per heavy atom. The largest absolute Gasteiger partial charge is 0.494 e. The van der Waals surface area contributed by atoms with Gasteiger partial charge in [0.1, 0.15) is 5.75 Å². The lowest BCUT2D eigenvalue weighted by Gasteiger charge is -2.11. The Hall–Kier alpha value is -2.93. The molecule has 2 rings (SSSR count). The number of hydrogen-bond donors (Lipinski definition) is 2. The third kappa shape index (κ3) is 5.56. The predicted molar refractivity (Wildman–Crippen MR) is 104 cm³/mol. The van der Waals surface area contributed by atoms with Crippen LogP contribution in [0.2, 0.25) is 0 Å². The first-order valence-electron chi connectivity index (χ1n) is 8.07. The predicted octanol–water partition coefficient (Wildman–Crippen LogP) is 3.39. The maximum atomic E-state index is 12.2. The lowest BCUT2D eigenvalue weighted by atomic mass is 10.1. The van der Waals surface area contributed by atoms with Crippen molar-refractivity contribution in [2.75, 3.05) is 19.0 Å². The smallest absolute Gasteiger partial charge is 0.337 e. The summed E-state index contributed by atoms with van der Waals surface area (Å²) < 4.78 is 10.2. The van der Waals surface area contributed by atoms with E-state index in [0.29, 0.717) is 23.4 Å². The number of carbonyl (C=O) groups is 2. The van der Waals surface area contributed by atoms with E-state index in [4.69, 9.17) is 17.0 Å². The van der Waals surface area contributed by atoms with E-state index >= 15 is 0 Å². The summed E-state index contributed by atoms with van der Waals surface area (Å²) in [5, 5.41) is 5.70. The molecule has 0 aliphatic heterocycles. The minimum atomic E-state index is -0.459. The highest BCUT2D eigenvalue weighted by molar-refractivity contribution is 7.80. The first kappa shape index (κ1) is 19.4. The van der Waals surface area contributed by atoms with Crippen molar-refractivity contribution >= 4 is 34.9 Å². The summed E-state index contributed by atoms with van der Waals surface area (Å²) in [6, 6.07) is 13.4. The van der Waals surface area contributed by atoms with E-state index in [-0.39, 0.29) is 11.0 Å². The number of benzene rings is 2. The number of ether oxygens (including phenoxy) is 2. The number of thiocarbonyl (C=S) groups is 1. The number of nitrogens with one attached hydrogen (secondary N) is 2. The van der Waals surface area contributed by atoms with E-state index in [1.165, 1.54) is 31.4 Å². The van der Waals surface area contributed by atoms with E-state index in [0.717, 1.165) is 12.2 Å². The first-order chi connectivity index (χ1) is 12.5. The SMILES string of the molecule is CCCOc1cccc(NC(=S)NC(=O)c2ccc(C(=O)OC)cc2)c1. The molecule has 0 saturated heterocycles. The van der Waals surface area contributed by atoms with Crippen molar-refractivity contribution in [3.63, 3.8) is 0 Å². The molecule has 26 heavy (non-hydrogen) atoms. The Kier molecular flexibility index (Phi) is 7.11. The van der Waals surface area contributed by atoms with Gasteiger partial charge in [0, 0.05) is 17.3 Å². The van der Waals surface area contributed by atoms with Crippen molar-refractivity contribution in [1.82, 2.24) is 5.32 Å².